The number of amides is 1. The molecule has 1 aliphatic rings. The fourth-order valence-corrected chi connectivity index (χ4v) is 1.72. The smallest absolute Gasteiger partial charge is 0.250 e. The number of aliphatic imine (C=N–C) groups is 1. The molecule has 0 aliphatic carbocycles. The third kappa shape index (κ3) is 2.65. The molecule has 0 spiro atoms. The van der Waals surface area contributed by atoms with Gasteiger partial charge in [0.25, 0.3) is 0 Å². The first-order valence-corrected chi connectivity index (χ1v) is 5.73. The van der Waals surface area contributed by atoms with Gasteiger partial charge in [-0.1, -0.05) is 0 Å². The van der Waals surface area contributed by atoms with Crippen LogP contribution in [0.1, 0.15) is 12.6 Å². The zero-order valence-corrected chi connectivity index (χ0v) is 10.7. The van der Waals surface area contributed by atoms with E-state index in [2.05, 4.69) is 20.1 Å². The molecular weight excluding hydrogens is 244 g/mol. The molecule has 1 amide bonds. The van der Waals surface area contributed by atoms with Crippen molar-refractivity contribution in [3.05, 3.63) is 30.2 Å². The quantitative estimate of drug-likeness (QED) is 0.476. The molecular formula is C12H14N6O. The van der Waals surface area contributed by atoms with Crippen molar-refractivity contribution in [1.82, 2.24) is 14.9 Å². The average Bonchev–Trinajstić information content (AvgIpc) is 2.39. The molecule has 0 saturated heterocycles. The second-order valence-electron chi connectivity index (χ2n) is 4.05. The number of rotatable bonds is 2. The predicted octanol–water partition coefficient (Wildman–Crippen LogP) is 0.546. The number of carbonyl (C=O) groups is 1. The van der Waals surface area contributed by atoms with E-state index in [4.69, 9.17) is 5.84 Å². The van der Waals surface area contributed by atoms with Gasteiger partial charge in [0.1, 0.15) is 5.71 Å². The van der Waals surface area contributed by atoms with Crippen LogP contribution in [0.15, 0.2) is 34.6 Å². The summed E-state index contributed by atoms with van der Waals surface area (Å²) in [5.74, 6) is 5.71. The summed E-state index contributed by atoms with van der Waals surface area (Å²) in [5, 5.41) is 3.71. The molecule has 7 heteroatoms. The number of nitrogens with zero attached hydrogens (tertiary/aromatic N) is 5. The van der Waals surface area contributed by atoms with E-state index >= 15 is 0 Å². The lowest BCUT2D eigenvalue weighted by Crippen LogP contribution is -2.42. The van der Waals surface area contributed by atoms with Crippen LogP contribution in [0, 0.1) is 6.92 Å². The van der Waals surface area contributed by atoms with Crippen LogP contribution in [-0.2, 0) is 4.79 Å². The number of aromatic nitrogens is 2. The molecule has 1 unspecified atom stereocenters. The number of hydrogen-bond donors (Lipinski definition) is 1. The minimum atomic E-state index is -0.268. The van der Waals surface area contributed by atoms with Crippen LogP contribution >= 0.6 is 0 Å². The summed E-state index contributed by atoms with van der Waals surface area (Å²) in [5.41, 5.74) is 1.89. The zero-order chi connectivity index (χ0) is 13.8. The summed E-state index contributed by atoms with van der Waals surface area (Å²) >= 11 is 0. The van der Waals surface area contributed by atoms with Crippen LogP contribution in [0.2, 0.25) is 0 Å². The molecule has 1 aromatic rings. The Balaban J connectivity index is 2.41. The van der Waals surface area contributed by atoms with E-state index in [0.29, 0.717) is 23.8 Å². The van der Waals surface area contributed by atoms with Gasteiger partial charge in [-0.25, -0.2) is 15.0 Å². The van der Waals surface area contributed by atoms with Gasteiger partial charge in [0.15, 0.2) is 0 Å². The predicted molar refractivity (Wildman–Crippen MR) is 72.0 cm³/mol. The topological polar surface area (TPSA) is 96.8 Å². The first-order valence-electron chi connectivity index (χ1n) is 5.73. The van der Waals surface area contributed by atoms with E-state index in [-0.39, 0.29) is 6.04 Å². The summed E-state index contributed by atoms with van der Waals surface area (Å²) in [6, 6.07) is 1.52. The Kier molecular flexibility index (Phi) is 3.65. The number of nitrogens with two attached hydrogens (primary N) is 1. The summed E-state index contributed by atoms with van der Waals surface area (Å²) in [6.07, 6.45) is 5.63. The second kappa shape index (κ2) is 5.38. The van der Waals surface area contributed by atoms with Gasteiger partial charge in [0.2, 0.25) is 12.4 Å². The summed E-state index contributed by atoms with van der Waals surface area (Å²) in [4.78, 5) is 24.9. The number of hydrogen-bond acceptors (Lipinski definition) is 6. The third-order valence-electron chi connectivity index (χ3n) is 2.77. The number of carbonyl (C=O) groups excluding carboxylic acids is 1. The maximum absolute atomic E-state index is 10.9. The molecule has 19 heavy (non-hydrogen) atoms. The van der Waals surface area contributed by atoms with E-state index in [1.54, 1.807) is 24.5 Å². The van der Waals surface area contributed by atoms with Crippen molar-refractivity contribution in [2.45, 2.75) is 19.9 Å². The van der Waals surface area contributed by atoms with Gasteiger partial charge in [0, 0.05) is 18.1 Å². The van der Waals surface area contributed by atoms with Gasteiger partial charge in [-0.05, 0) is 26.0 Å². The first-order chi connectivity index (χ1) is 9.15. The van der Waals surface area contributed by atoms with Crippen molar-refractivity contribution >= 4 is 23.8 Å². The van der Waals surface area contributed by atoms with Crippen molar-refractivity contribution in [2.75, 3.05) is 0 Å². The lowest BCUT2D eigenvalue weighted by atomic mass is 10.0. The van der Waals surface area contributed by atoms with E-state index in [1.165, 1.54) is 4.90 Å². The number of allylic oxidation sites excluding steroid dienone is 1. The fourth-order valence-electron chi connectivity index (χ4n) is 1.72. The van der Waals surface area contributed by atoms with Crippen molar-refractivity contribution in [3.8, 4) is 0 Å². The lowest BCUT2D eigenvalue weighted by molar-refractivity contribution is -0.116. The van der Waals surface area contributed by atoms with Crippen molar-refractivity contribution in [2.24, 2.45) is 15.9 Å². The summed E-state index contributed by atoms with van der Waals surface area (Å²) in [7, 11) is 0. The maximum atomic E-state index is 10.9. The van der Waals surface area contributed by atoms with Gasteiger partial charge >= 0.3 is 0 Å². The van der Waals surface area contributed by atoms with Crippen molar-refractivity contribution in [3.63, 3.8) is 0 Å². The van der Waals surface area contributed by atoms with Crippen LogP contribution in [0.3, 0.4) is 0 Å². The van der Waals surface area contributed by atoms with Gasteiger partial charge in [-0.2, -0.15) is 5.10 Å². The summed E-state index contributed by atoms with van der Waals surface area (Å²) in [6.45, 7) is 3.67. The van der Waals surface area contributed by atoms with E-state index < -0.39 is 0 Å². The molecule has 2 rings (SSSR count). The Hall–Kier alpha value is -2.57. The van der Waals surface area contributed by atoms with E-state index in [0.717, 1.165) is 5.69 Å². The molecule has 2 N–H and O–H groups in total. The Morgan fingerprint density at radius 2 is 2.32 bits per heavy atom. The number of hydrazone groups is 1. The average molecular weight is 258 g/mol. The summed E-state index contributed by atoms with van der Waals surface area (Å²) < 4.78 is 0. The van der Waals surface area contributed by atoms with Crippen molar-refractivity contribution < 1.29 is 4.79 Å². The minimum absolute atomic E-state index is 0.268. The molecule has 1 aromatic heterocycles. The molecule has 2 heterocycles. The highest BCUT2D eigenvalue weighted by atomic mass is 16.1. The molecule has 0 bridgehead atoms. The molecule has 1 atom stereocenters. The maximum Gasteiger partial charge on any atom is 0.250 e. The standard InChI is InChI=1S/C12H14N6O/c1-8-3-5-14-12(15-8)16-10-4-6-18(7-19)9(2)11(10)17-13/h3-7,9H,13H2,1-2H3. The molecule has 1 aliphatic heterocycles. The Labute approximate surface area is 110 Å². The van der Waals surface area contributed by atoms with Gasteiger partial charge < -0.3 is 10.7 Å². The van der Waals surface area contributed by atoms with Crippen LogP contribution in [0.4, 0.5) is 5.95 Å². The first kappa shape index (κ1) is 12.9. The van der Waals surface area contributed by atoms with Gasteiger partial charge in [-0.15, -0.1) is 0 Å². The lowest BCUT2D eigenvalue weighted by Gasteiger charge is -2.26. The van der Waals surface area contributed by atoms with Gasteiger partial charge in [-0.3, -0.25) is 4.79 Å². The van der Waals surface area contributed by atoms with Gasteiger partial charge in [0.05, 0.1) is 11.8 Å². The SMILES string of the molecule is Cc1ccnc(N=C2C=CN(C=O)C(C)C2=NN)n1. The third-order valence-corrected chi connectivity index (χ3v) is 2.77. The van der Waals surface area contributed by atoms with Crippen LogP contribution in [0.25, 0.3) is 0 Å². The van der Waals surface area contributed by atoms with Crippen LogP contribution in [-0.4, -0.2) is 38.7 Å². The molecule has 7 nitrogen and oxygen atoms in total. The Morgan fingerprint density at radius 1 is 1.53 bits per heavy atom. The molecule has 0 aromatic carbocycles. The highest BCUT2D eigenvalue weighted by molar-refractivity contribution is 6.49. The van der Waals surface area contributed by atoms with E-state index in [1.807, 2.05) is 13.8 Å². The highest BCUT2D eigenvalue weighted by Gasteiger charge is 2.24. The fraction of sp³-hybridized carbons (Fsp3) is 0.250. The monoisotopic (exact) mass is 258 g/mol. The molecule has 98 valence electrons. The molecule has 0 radical (unpaired) electrons. The minimum Gasteiger partial charge on any atom is -0.323 e. The normalized spacial score (nSPS) is 23.1. The van der Waals surface area contributed by atoms with Crippen LogP contribution in [0.5, 0.6) is 0 Å². The number of aryl methyl sites for hydroxylation is 1. The second-order valence-corrected chi connectivity index (χ2v) is 4.05. The molecule has 0 fully saturated rings. The van der Waals surface area contributed by atoms with E-state index in [9.17, 15) is 4.79 Å². The zero-order valence-electron chi connectivity index (χ0n) is 10.7. The van der Waals surface area contributed by atoms with Crippen LogP contribution < -0.4 is 5.84 Å². The molecule has 0 saturated carbocycles. The Morgan fingerprint density at radius 3 is 2.95 bits per heavy atom. The highest BCUT2D eigenvalue weighted by Crippen LogP contribution is 2.12. The van der Waals surface area contributed by atoms with Crippen molar-refractivity contribution in [1.29, 1.82) is 0 Å². The Bertz CT molecular complexity index is 577. The largest absolute Gasteiger partial charge is 0.323 e.